The van der Waals surface area contributed by atoms with E-state index in [0.717, 1.165) is 0 Å². The van der Waals surface area contributed by atoms with Crippen LogP contribution in [0.15, 0.2) is 53.0 Å². The van der Waals surface area contributed by atoms with Gasteiger partial charge in [0.05, 0.1) is 5.69 Å². The molecule has 0 fully saturated rings. The van der Waals surface area contributed by atoms with E-state index in [9.17, 15) is 14.4 Å². The van der Waals surface area contributed by atoms with Gasteiger partial charge in [0.1, 0.15) is 16.9 Å². The van der Waals surface area contributed by atoms with Crippen molar-refractivity contribution >= 4 is 33.9 Å². The first kappa shape index (κ1) is 16.7. The molecule has 134 valence electrons. The minimum absolute atomic E-state index is 0.0897. The van der Waals surface area contributed by atoms with Crippen LogP contribution < -0.4 is 16.6 Å². The van der Waals surface area contributed by atoms with E-state index in [2.05, 4.69) is 20.3 Å². The molecule has 0 aliphatic heterocycles. The Balaban J connectivity index is 1.59. The average molecular weight is 380 g/mol. The quantitative estimate of drug-likeness (QED) is 0.493. The minimum atomic E-state index is -0.599. The summed E-state index contributed by atoms with van der Waals surface area (Å²) in [6, 6.07) is 6.68. The Labute approximate surface area is 155 Å². The molecule has 0 aromatic carbocycles. The number of primary amides is 1. The number of aromatic amines is 1. The smallest absolute Gasteiger partial charge is 0.270 e. The van der Waals surface area contributed by atoms with Crippen LogP contribution in [0.2, 0.25) is 0 Å². The number of anilines is 1. The van der Waals surface area contributed by atoms with E-state index in [1.54, 1.807) is 42.0 Å². The SMILES string of the molecule is NC(=O)c1cc(-c2csc(NC(=O)c3cnc4ccccn4c3=O)n2)c[nH]1. The lowest BCUT2D eigenvalue weighted by Crippen LogP contribution is -2.26. The summed E-state index contributed by atoms with van der Waals surface area (Å²) in [4.78, 5) is 47.2. The van der Waals surface area contributed by atoms with Gasteiger partial charge in [0, 0.05) is 29.5 Å². The van der Waals surface area contributed by atoms with Gasteiger partial charge in [-0.3, -0.25) is 24.1 Å². The highest BCUT2D eigenvalue weighted by Gasteiger charge is 2.16. The number of rotatable bonds is 4. The van der Waals surface area contributed by atoms with Gasteiger partial charge in [-0.05, 0) is 18.2 Å². The van der Waals surface area contributed by atoms with Gasteiger partial charge in [-0.1, -0.05) is 6.07 Å². The first-order valence-corrected chi connectivity index (χ1v) is 8.63. The number of carbonyl (C=O) groups excluding carboxylic acids is 2. The molecule has 10 heteroatoms. The first-order chi connectivity index (χ1) is 13.0. The fourth-order valence-corrected chi connectivity index (χ4v) is 3.21. The van der Waals surface area contributed by atoms with Gasteiger partial charge in [-0.2, -0.15) is 0 Å². The summed E-state index contributed by atoms with van der Waals surface area (Å²) < 4.78 is 1.30. The Kier molecular flexibility index (Phi) is 4.01. The zero-order valence-electron chi connectivity index (χ0n) is 13.7. The lowest BCUT2D eigenvalue weighted by Gasteiger charge is -2.03. The van der Waals surface area contributed by atoms with Crippen molar-refractivity contribution in [2.24, 2.45) is 5.73 Å². The summed E-state index contributed by atoms with van der Waals surface area (Å²) in [7, 11) is 0. The van der Waals surface area contributed by atoms with Crippen molar-refractivity contribution in [2.45, 2.75) is 0 Å². The van der Waals surface area contributed by atoms with Gasteiger partial charge in [-0.15, -0.1) is 11.3 Å². The van der Waals surface area contributed by atoms with Crippen LogP contribution in [0.3, 0.4) is 0 Å². The number of amides is 2. The molecule has 0 aliphatic rings. The molecule has 27 heavy (non-hydrogen) atoms. The molecule has 0 bridgehead atoms. The van der Waals surface area contributed by atoms with E-state index < -0.39 is 17.4 Å². The van der Waals surface area contributed by atoms with E-state index in [-0.39, 0.29) is 11.3 Å². The molecule has 0 unspecified atom stereocenters. The van der Waals surface area contributed by atoms with Crippen LogP contribution in [-0.4, -0.2) is 31.2 Å². The van der Waals surface area contributed by atoms with E-state index in [4.69, 9.17) is 5.73 Å². The topological polar surface area (TPSA) is 135 Å². The molecule has 4 rings (SSSR count). The first-order valence-electron chi connectivity index (χ1n) is 7.75. The number of hydrogen-bond donors (Lipinski definition) is 3. The molecule has 0 atom stereocenters. The van der Waals surface area contributed by atoms with Gasteiger partial charge in [0.2, 0.25) is 0 Å². The summed E-state index contributed by atoms with van der Waals surface area (Å²) in [6.07, 6.45) is 4.39. The van der Waals surface area contributed by atoms with Crippen LogP contribution in [0.25, 0.3) is 16.9 Å². The summed E-state index contributed by atoms with van der Waals surface area (Å²) in [5, 5.41) is 4.63. The Morgan fingerprint density at radius 3 is 2.93 bits per heavy atom. The van der Waals surface area contributed by atoms with Crippen molar-refractivity contribution < 1.29 is 9.59 Å². The largest absolute Gasteiger partial charge is 0.364 e. The van der Waals surface area contributed by atoms with Crippen molar-refractivity contribution in [1.82, 2.24) is 19.4 Å². The lowest BCUT2D eigenvalue weighted by molar-refractivity contribution is 0.0993. The van der Waals surface area contributed by atoms with Crippen molar-refractivity contribution in [3.8, 4) is 11.3 Å². The van der Waals surface area contributed by atoms with Crippen LogP contribution in [-0.2, 0) is 0 Å². The number of nitrogens with one attached hydrogen (secondary N) is 2. The van der Waals surface area contributed by atoms with E-state index in [1.807, 2.05) is 0 Å². The average Bonchev–Trinajstić information content (AvgIpc) is 3.31. The number of aromatic nitrogens is 4. The van der Waals surface area contributed by atoms with Crippen molar-refractivity contribution in [2.75, 3.05) is 5.32 Å². The van der Waals surface area contributed by atoms with Crippen molar-refractivity contribution in [1.29, 1.82) is 0 Å². The molecule has 4 N–H and O–H groups in total. The highest BCUT2D eigenvalue weighted by atomic mass is 32.1. The third-order valence-electron chi connectivity index (χ3n) is 3.83. The summed E-state index contributed by atoms with van der Waals surface area (Å²) >= 11 is 1.19. The Hall–Kier alpha value is -3.79. The monoisotopic (exact) mass is 380 g/mol. The number of H-pyrrole nitrogens is 1. The highest BCUT2D eigenvalue weighted by molar-refractivity contribution is 7.14. The van der Waals surface area contributed by atoms with Crippen LogP contribution in [0, 0.1) is 0 Å². The van der Waals surface area contributed by atoms with Crippen molar-refractivity contribution in [3.05, 3.63) is 69.8 Å². The van der Waals surface area contributed by atoms with Gasteiger partial charge < -0.3 is 10.7 Å². The molecule has 0 radical (unpaired) electrons. The van der Waals surface area contributed by atoms with Gasteiger partial charge in [0.15, 0.2) is 5.13 Å². The second kappa shape index (κ2) is 6.50. The summed E-state index contributed by atoms with van der Waals surface area (Å²) in [5.74, 6) is -1.17. The number of pyridine rings is 1. The maximum Gasteiger partial charge on any atom is 0.270 e. The predicted octanol–water partition coefficient (Wildman–Crippen LogP) is 1.50. The summed E-state index contributed by atoms with van der Waals surface area (Å²) in [5.41, 5.74) is 6.59. The van der Waals surface area contributed by atoms with E-state index >= 15 is 0 Å². The number of carbonyl (C=O) groups is 2. The molecular formula is C17H12N6O3S. The van der Waals surface area contributed by atoms with Crippen LogP contribution in [0.4, 0.5) is 5.13 Å². The Bertz CT molecular complexity index is 1240. The fourth-order valence-electron chi connectivity index (χ4n) is 2.50. The standard InChI is InChI=1S/C17H12N6O3S/c18-14(24)11-5-9(6-19-11)12-8-27-17(21-12)22-15(25)10-7-20-13-3-1-2-4-23(13)16(10)26/h1-8,19H,(H2,18,24)(H,21,22,25). The molecule has 4 aromatic rings. The number of thiazole rings is 1. The molecule has 4 aromatic heterocycles. The molecule has 0 saturated carbocycles. The van der Waals surface area contributed by atoms with Gasteiger partial charge in [0.25, 0.3) is 17.4 Å². The fraction of sp³-hybridized carbons (Fsp3) is 0. The third kappa shape index (κ3) is 3.09. The van der Waals surface area contributed by atoms with Gasteiger partial charge in [-0.25, -0.2) is 9.97 Å². The van der Waals surface area contributed by atoms with E-state index in [1.165, 1.54) is 21.9 Å². The predicted molar refractivity (Wildman–Crippen MR) is 99.8 cm³/mol. The molecule has 9 nitrogen and oxygen atoms in total. The van der Waals surface area contributed by atoms with Crippen LogP contribution >= 0.6 is 11.3 Å². The zero-order valence-corrected chi connectivity index (χ0v) is 14.5. The van der Waals surface area contributed by atoms with Crippen molar-refractivity contribution in [3.63, 3.8) is 0 Å². The molecule has 0 spiro atoms. The highest BCUT2D eigenvalue weighted by Crippen LogP contribution is 2.25. The molecule has 2 amide bonds. The number of nitrogens with zero attached hydrogens (tertiary/aromatic N) is 3. The number of nitrogens with two attached hydrogens (primary N) is 1. The Morgan fingerprint density at radius 2 is 2.15 bits per heavy atom. The summed E-state index contributed by atoms with van der Waals surface area (Å²) in [6.45, 7) is 0. The zero-order chi connectivity index (χ0) is 19.0. The molecular weight excluding hydrogens is 368 g/mol. The van der Waals surface area contributed by atoms with Gasteiger partial charge >= 0.3 is 0 Å². The van der Waals surface area contributed by atoms with Crippen LogP contribution in [0.1, 0.15) is 20.8 Å². The minimum Gasteiger partial charge on any atom is -0.364 e. The molecule has 4 heterocycles. The second-order valence-electron chi connectivity index (χ2n) is 5.56. The van der Waals surface area contributed by atoms with E-state index in [0.29, 0.717) is 22.0 Å². The third-order valence-corrected chi connectivity index (χ3v) is 4.58. The maximum atomic E-state index is 12.5. The van der Waals surface area contributed by atoms with Crippen LogP contribution in [0.5, 0.6) is 0 Å². The number of hydrogen-bond acceptors (Lipinski definition) is 6. The lowest BCUT2D eigenvalue weighted by atomic mass is 10.2. The normalized spacial score (nSPS) is 10.8. The Morgan fingerprint density at radius 1 is 1.30 bits per heavy atom. The maximum absolute atomic E-state index is 12.5. The molecule has 0 saturated heterocycles. The number of fused-ring (bicyclic) bond motifs is 1. The second-order valence-corrected chi connectivity index (χ2v) is 6.42. The molecule has 0 aliphatic carbocycles.